The van der Waals surface area contributed by atoms with Gasteiger partial charge in [0, 0.05) is 12.8 Å². The predicted molar refractivity (Wildman–Crippen MR) is 38.1 cm³/mol. The fourth-order valence-corrected chi connectivity index (χ4v) is 0.634. The molecule has 2 nitrogen and oxygen atoms in total. The molecule has 0 aliphatic carbocycles. The molecule has 0 aromatic heterocycles. The van der Waals surface area contributed by atoms with Crippen molar-refractivity contribution in [1.29, 1.82) is 0 Å². The molecule has 0 rings (SSSR count). The van der Waals surface area contributed by atoms with E-state index in [2.05, 4.69) is 0 Å². The van der Waals surface area contributed by atoms with E-state index in [4.69, 9.17) is 23.2 Å². The summed E-state index contributed by atoms with van der Waals surface area (Å²) in [4.78, 5) is 20.1. The van der Waals surface area contributed by atoms with Crippen molar-refractivity contribution in [2.75, 3.05) is 0 Å². The van der Waals surface area contributed by atoms with Crippen LogP contribution in [0.25, 0.3) is 0 Å². The molecule has 60 valence electrons. The molecule has 0 heterocycles. The van der Waals surface area contributed by atoms with E-state index in [1.54, 1.807) is 0 Å². The lowest BCUT2D eigenvalue weighted by Crippen LogP contribution is -1.89. The third-order valence-corrected chi connectivity index (χ3v) is 1.12. The Morgan fingerprint density at radius 3 is 1.50 bits per heavy atom. The van der Waals surface area contributed by atoms with Crippen molar-refractivity contribution in [2.45, 2.75) is 19.3 Å². The molecule has 0 aliphatic rings. The highest BCUT2D eigenvalue weighted by Crippen LogP contribution is 2.01. The summed E-state index contributed by atoms with van der Waals surface area (Å²) in [5.41, 5.74) is 0. The lowest BCUT2D eigenvalue weighted by atomic mass is 10.3. The molecule has 0 amide bonds. The van der Waals surface area contributed by atoms with Gasteiger partial charge in [-0.1, -0.05) is 0 Å². The molecule has 0 aromatic carbocycles. The summed E-state index contributed by atoms with van der Waals surface area (Å²) in [6, 6.07) is 0. The van der Waals surface area contributed by atoms with Gasteiger partial charge in [-0.05, 0) is 29.6 Å². The number of hydrogen-bond donors (Lipinski definition) is 0. The molecular weight excluding hydrogens is 182 g/mol. The molecule has 0 unspecified atom stereocenters. The first kappa shape index (κ1) is 12.5. The van der Waals surface area contributed by atoms with Crippen molar-refractivity contribution in [2.24, 2.45) is 0 Å². The van der Waals surface area contributed by atoms with Gasteiger partial charge in [0.1, 0.15) is 0 Å². The van der Waals surface area contributed by atoms with Gasteiger partial charge < -0.3 is 0 Å². The molecule has 0 bridgehead atoms. The van der Waals surface area contributed by atoms with E-state index in [1.165, 1.54) is 0 Å². The first-order valence-electron chi connectivity index (χ1n) is 2.49. The minimum Gasteiger partial charge on any atom is -0.281 e. The topological polar surface area (TPSA) is 34.1 Å². The second-order valence-electron chi connectivity index (χ2n) is 1.56. The van der Waals surface area contributed by atoms with E-state index in [1.807, 2.05) is 0 Å². The molecule has 0 fully saturated rings. The number of carbonyl (C=O) groups is 2. The van der Waals surface area contributed by atoms with Crippen LogP contribution in [0.2, 0.25) is 0 Å². The van der Waals surface area contributed by atoms with Crippen LogP contribution in [0.3, 0.4) is 0 Å². The van der Waals surface area contributed by atoms with Crippen molar-refractivity contribution in [1.82, 2.24) is 0 Å². The minimum atomic E-state index is -0.423. The third kappa shape index (κ3) is 10.8. The van der Waals surface area contributed by atoms with Gasteiger partial charge in [-0.15, -0.1) is 0 Å². The van der Waals surface area contributed by atoms with Crippen molar-refractivity contribution >= 4 is 33.7 Å². The van der Waals surface area contributed by atoms with Gasteiger partial charge in [-0.2, -0.15) is 0 Å². The van der Waals surface area contributed by atoms with E-state index in [0.717, 1.165) is 0 Å². The molecule has 0 spiro atoms. The Balaban J connectivity index is 0. The van der Waals surface area contributed by atoms with Gasteiger partial charge in [-0.25, -0.2) is 0 Å². The maximum absolute atomic E-state index is 10.0. The summed E-state index contributed by atoms with van der Waals surface area (Å²) in [6.07, 6.45) is 0.894. The van der Waals surface area contributed by atoms with Crippen LogP contribution < -0.4 is 0 Å². The first-order chi connectivity index (χ1) is 4.13. The fraction of sp³-hybridized carbons (Fsp3) is 0.600. The van der Waals surface area contributed by atoms with E-state index in [0.29, 0.717) is 6.42 Å². The lowest BCUT2D eigenvalue weighted by molar-refractivity contribution is -0.112. The normalized spacial score (nSPS) is 8.20. The maximum atomic E-state index is 10.0. The monoisotopic (exact) mass is 188 g/mol. The van der Waals surface area contributed by atoms with Crippen molar-refractivity contribution in [3.8, 4) is 0 Å². The van der Waals surface area contributed by atoms with Gasteiger partial charge in [0.15, 0.2) is 0 Å². The predicted octanol–water partition coefficient (Wildman–Crippen LogP) is 1.84. The quantitative estimate of drug-likeness (QED) is 0.632. The molecular formula is C5H7Cl2FO2. The average Bonchev–Trinajstić information content (AvgIpc) is 1.63. The number of hydrogen-bond acceptors (Lipinski definition) is 2. The van der Waals surface area contributed by atoms with E-state index >= 15 is 0 Å². The zero-order valence-electron chi connectivity index (χ0n) is 5.10. The Morgan fingerprint density at radius 1 is 1.00 bits per heavy atom. The molecule has 0 saturated heterocycles. The van der Waals surface area contributed by atoms with Gasteiger partial charge in [0.05, 0.1) is 0 Å². The van der Waals surface area contributed by atoms with E-state index in [9.17, 15) is 9.59 Å². The van der Waals surface area contributed by atoms with Crippen molar-refractivity contribution in [3.05, 3.63) is 0 Å². The van der Waals surface area contributed by atoms with Crippen LogP contribution in [-0.2, 0) is 9.59 Å². The van der Waals surface area contributed by atoms with Crippen molar-refractivity contribution < 1.29 is 14.3 Å². The number of rotatable bonds is 4. The SMILES string of the molecule is F.O=C(Cl)CCCC(=O)Cl. The molecule has 0 saturated carbocycles. The highest BCUT2D eigenvalue weighted by atomic mass is 35.5. The number of halogens is 3. The van der Waals surface area contributed by atoms with Gasteiger partial charge in [0.25, 0.3) is 0 Å². The Kier molecular flexibility index (Phi) is 8.72. The van der Waals surface area contributed by atoms with Crippen LogP contribution in [0.1, 0.15) is 19.3 Å². The van der Waals surface area contributed by atoms with Crippen LogP contribution in [0.15, 0.2) is 0 Å². The second kappa shape index (κ2) is 6.96. The molecule has 0 N–H and O–H groups in total. The Morgan fingerprint density at radius 2 is 1.30 bits per heavy atom. The maximum Gasteiger partial charge on any atom is 0.221 e. The summed E-state index contributed by atoms with van der Waals surface area (Å²) >= 11 is 9.94. The van der Waals surface area contributed by atoms with Gasteiger partial charge in [0.2, 0.25) is 10.5 Å². The molecule has 0 radical (unpaired) electrons. The largest absolute Gasteiger partial charge is 0.281 e. The summed E-state index contributed by atoms with van der Waals surface area (Å²) in [6.45, 7) is 0. The molecule has 0 aromatic rings. The summed E-state index contributed by atoms with van der Waals surface area (Å²) in [5, 5.41) is -0.846. The highest BCUT2D eigenvalue weighted by Gasteiger charge is 1.98. The Labute approximate surface area is 67.9 Å². The minimum absolute atomic E-state index is 0. The molecule has 0 aliphatic heterocycles. The smallest absolute Gasteiger partial charge is 0.221 e. The first-order valence-corrected chi connectivity index (χ1v) is 3.25. The lowest BCUT2D eigenvalue weighted by Gasteiger charge is -1.87. The third-order valence-electron chi connectivity index (χ3n) is 0.747. The van der Waals surface area contributed by atoms with Crippen LogP contribution in [0.4, 0.5) is 4.70 Å². The van der Waals surface area contributed by atoms with Gasteiger partial charge in [-0.3, -0.25) is 14.3 Å². The number of carbonyl (C=O) groups excluding carboxylic acids is 2. The molecule has 10 heavy (non-hydrogen) atoms. The van der Waals surface area contributed by atoms with Crippen molar-refractivity contribution in [3.63, 3.8) is 0 Å². The summed E-state index contributed by atoms with van der Waals surface area (Å²) in [5.74, 6) is 0. The summed E-state index contributed by atoms with van der Waals surface area (Å²) < 4.78 is 0. The zero-order chi connectivity index (χ0) is 7.28. The summed E-state index contributed by atoms with van der Waals surface area (Å²) in [7, 11) is 0. The average molecular weight is 189 g/mol. The van der Waals surface area contributed by atoms with Gasteiger partial charge >= 0.3 is 0 Å². The van der Waals surface area contributed by atoms with Crippen LogP contribution in [0.5, 0.6) is 0 Å². The zero-order valence-corrected chi connectivity index (χ0v) is 6.61. The van der Waals surface area contributed by atoms with E-state index in [-0.39, 0.29) is 17.5 Å². The van der Waals surface area contributed by atoms with Crippen LogP contribution in [-0.4, -0.2) is 10.5 Å². The Hall–Kier alpha value is -0.150. The van der Waals surface area contributed by atoms with Crippen LogP contribution in [0, 0.1) is 0 Å². The fourth-order valence-electron chi connectivity index (χ4n) is 0.366. The standard InChI is InChI=1S/C5H6Cl2O2.FH/c6-4(8)2-1-3-5(7)9;/h1-3H2;1H. The molecule has 5 heteroatoms. The van der Waals surface area contributed by atoms with Crippen LogP contribution >= 0.6 is 23.2 Å². The highest BCUT2D eigenvalue weighted by molar-refractivity contribution is 6.64. The second-order valence-corrected chi connectivity index (χ2v) is 2.41. The molecule has 0 atom stereocenters. The Bertz CT molecular complexity index is 113. The van der Waals surface area contributed by atoms with E-state index < -0.39 is 10.5 Å².